The Bertz CT molecular complexity index is 465. The van der Waals surface area contributed by atoms with Crippen LogP contribution in [0.4, 0.5) is 5.69 Å². The van der Waals surface area contributed by atoms with Crippen LogP contribution in [0, 0.1) is 6.92 Å². The van der Waals surface area contributed by atoms with E-state index < -0.39 is 11.7 Å². The predicted octanol–water partition coefficient (Wildman–Crippen LogP) is 0.723. The van der Waals surface area contributed by atoms with Gasteiger partial charge in [0.2, 0.25) is 0 Å². The molecule has 0 saturated carbocycles. The number of carbonyl (C=O) groups is 3. The van der Waals surface area contributed by atoms with Gasteiger partial charge in [-0.15, -0.1) is 0 Å². The molecule has 1 aromatic rings. The molecule has 76 valence electrons. The van der Waals surface area contributed by atoms with Gasteiger partial charge in [-0.3, -0.25) is 14.5 Å². The molecule has 4 heteroatoms. The molecule has 0 atom stereocenters. The minimum atomic E-state index is -0.622. The van der Waals surface area contributed by atoms with Crippen LogP contribution in [0.5, 0.6) is 0 Å². The van der Waals surface area contributed by atoms with Gasteiger partial charge in [0.25, 0.3) is 11.7 Å². The number of ketones is 1. The zero-order valence-corrected chi connectivity index (χ0v) is 8.19. The lowest BCUT2D eigenvalue weighted by Gasteiger charge is -2.12. The van der Waals surface area contributed by atoms with Crippen molar-refractivity contribution in [1.29, 1.82) is 0 Å². The molecule has 0 fully saturated rings. The first-order chi connectivity index (χ1) is 7.15. The van der Waals surface area contributed by atoms with Crippen LogP contribution in [0.2, 0.25) is 0 Å². The Morgan fingerprint density at radius 3 is 2.73 bits per heavy atom. The maximum Gasteiger partial charge on any atom is 0.299 e. The number of fused-ring (bicyclic) bond motifs is 1. The highest BCUT2D eigenvalue weighted by molar-refractivity contribution is 6.52. The third-order valence-corrected chi connectivity index (χ3v) is 2.38. The third kappa shape index (κ3) is 1.34. The summed E-state index contributed by atoms with van der Waals surface area (Å²) in [7, 11) is 0. The lowest BCUT2D eigenvalue weighted by molar-refractivity contribution is -0.115. The van der Waals surface area contributed by atoms with Crippen LogP contribution in [-0.2, 0) is 9.59 Å². The van der Waals surface area contributed by atoms with Crippen LogP contribution in [0.1, 0.15) is 15.9 Å². The largest absolute Gasteiger partial charge is 0.301 e. The summed E-state index contributed by atoms with van der Waals surface area (Å²) in [4.78, 5) is 34.6. The van der Waals surface area contributed by atoms with Gasteiger partial charge in [-0.2, -0.15) is 0 Å². The van der Waals surface area contributed by atoms with Crippen LogP contribution >= 0.6 is 0 Å². The number of anilines is 1. The SMILES string of the molecule is Cc1ccc2c(c1)C(=O)C(=O)N2CC=O. The van der Waals surface area contributed by atoms with E-state index in [1.807, 2.05) is 13.0 Å². The Morgan fingerprint density at radius 1 is 1.33 bits per heavy atom. The highest BCUT2D eigenvalue weighted by Gasteiger charge is 2.35. The Hall–Kier alpha value is -1.97. The Balaban J connectivity index is 2.55. The molecular weight excluding hydrogens is 194 g/mol. The zero-order chi connectivity index (χ0) is 11.0. The average molecular weight is 203 g/mol. The molecule has 1 aliphatic rings. The molecule has 0 unspecified atom stereocenters. The molecule has 0 aliphatic carbocycles. The van der Waals surface area contributed by atoms with E-state index in [9.17, 15) is 14.4 Å². The van der Waals surface area contributed by atoms with Crippen molar-refractivity contribution in [3.63, 3.8) is 0 Å². The first kappa shape index (κ1) is 9.58. The fourth-order valence-corrected chi connectivity index (χ4v) is 1.67. The molecule has 0 bridgehead atoms. The van der Waals surface area contributed by atoms with Crippen molar-refractivity contribution in [2.24, 2.45) is 0 Å². The summed E-state index contributed by atoms with van der Waals surface area (Å²) >= 11 is 0. The van der Waals surface area contributed by atoms with Gasteiger partial charge >= 0.3 is 0 Å². The lowest BCUT2D eigenvalue weighted by atomic mass is 10.1. The first-order valence-corrected chi connectivity index (χ1v) is 4.55. The van der Waals surface area contributed by atoms with E-state index in [2.05, 4.69) is 0 Å². The molecule has 1 amide bonds. The van der Waals surface area contributed by atoms with Crippen molar-refractivity contribution >= 4 is 23.7 Å². The van der Waals surface area contributed by atoms with E-state index in [1.54, 1.807) is 12.1 Å². The number of hydrogen-bond acceptors (Lipinski definition) is 3. The highest BCUT2D eigenvalue weighted by atomic mass is 16.2. The molecule has 1 aromatic carbocycles. The maximum absolute atomic E-state index is 11.5. The summed E-state index contributed by atoms with van der Waals surface area (Å²) in [6.07, 6.45) is 0.611. The molecular formula is C11H9NO3. The first-order valence-electron chi connectivity index (χ1n) is 4.55. The number of aldehydes is 1. The van der Waals surface area contributed by atoms with Crippen LogP contribution in [-0.4, -0.2) is 24.5 Å². The number of benzene rings is 1. The van der Waals surface area contributed by atoms with Gasteiger partial charge in [-0.05, 0) is 19.1 Å². The third-order valence-electron chi connectivity index (χ3n) is 2.38. The number of hydrogen-bond donors (Lipinski definition) is 0. The van der Waals surface area contributed by atoms with Crippen LogP contribution in [0.15, 0.2) is 18.2 Å². The number of amides is 1. The fraction of sp³-hybridized carbons (Fsp3) is 0.182. The van der Waals surface area contributed by atoms with E-state index in [-0.39, 0.29) is 6.54 Å². The number of rotatable bonds is 2. The number of aryl methyl sites for hydroxylation is 1. The second-order valence-electron chi connectivity index (χ2n) is 3.43. The molecule has 15 heavy (non-hydrogen) atoms. The van der Waals surface area contributed by atoms with E-state index in [0.29, 0.717) is 17.5 Å². The van der Waals surface area contributed by atoms with E-state index >= 15 is 0 Å². The number of nitrogens with zero attached hydrogens (tertiary/aromatic N) is 1. The van der Waals surface area contributed by atoms with E-state index in [0.717, 1.165) is 5.56 Å². The van der Waals surface area contributed by atoms with Gasteiger partial charge in [0.05, 0.1) is 17.8 Å². The Labute approximate surface area is 86.5 Å². The minimum Gasteiger partial charge on any atom is -0.301 e. The molecule has 1 heterocycles. The number of carbonyl (C=O) groups excluding carboxylic acids is 3. The van der Waals surface area contributed by atoms with Crippen molar-refractivity contribution in [2.45, 2.75) is 6.92 Å². The predicted molar refractivity (Wildman–Crippen MR) is 53.9 cm³/mol. The molecule has 0 spiro atoms. The van der Waals surface area contributed by atoms with Crippen molar-refractivity contribution in [3.05, 3.63) is 29.3 Å². The molecule has 1 aliphatic heterocycles. The lowest BCUT2D eigenvalue weighted by Crippen LogP contribution is -2.31. The van der Waals surface area contributed by atoms with Gasteiger partial charge in [0.15, 0.2) is 0 Å². The molecule has 0 N–H and O–H groups in total. The fourth-order valence-electron chi connectivity index (χ4n) is 1.67. The van der Waals surface area contributed by atoms with Gasteiger partial charge in [-0.25, -0.2) is 0 Å². The van der Waals surface area contributed by atoms with Crippen molar-refractivity contribution < 1.29 is 14.4 Å². The maximum atomic E-state index is 11.5. The summed E-state index contributed by atoms with van der Waals surface area (Å²) in [6.45, 7) is 1.78. The Morgan fingerprint density at radius 2 is 2.07 bits per heavy atom. The van der Waals surface area contributed by atoms with Crippen LogP contribution in [0.3, 0.4) is 0 Å². The van der Waals surface area contributed by atoms with Gasteiger partial charge in [0, 0.05) is 0 Å². The second kappa shape index (κ2) is 3.31. The summed E-state index contributed by atoms with van der Waals surface area (Å²) in [5.74, 6) is -1.15. The Kier molecular flexibility index (Phi) is 2.11. The van der Waals surface area contributed by atoms with Gasteiger partial charge in [0.1, 0.15) is 6.29 Å². The molecule has 0 saturated heterocycles. The smallest absolute Gasteiger partial charge is 0.299 e. The van der Waals surface area contributed by atoms with Crippen molar-refractivity contribution in [3.8, 4) is 0 Å². The van der Waals surface area contributed by atoms with Crippen LogP contribution in [0.25, 0.3) is 0 Å². The van der Waals surface area contributed by atoms with Crippen LogP contribution < -0.4 is 4.90 Å². The topological polar surface area (TPSA) is 54.5 Å². The second-order valence-corrected chi connectivity index (χ2v) is 3.43. The monoisotopic (exact) mass is 203 g/mol. The standard InChI is InChI=1S/C11H9NO3/c1-7-2-3-9-8(6-7)10(14)11(15)12(9)4-5-13/h2-3,5-6H,4H2,1H3. The van der Waals surface area contributed by atoms with E-state index in [4.69, 9.17) is 0 Å². The van der Waals surface area contributed by atoms with E-state index in [1.165, 1.54) is 4.90 Å². The van der Waals surface area contributed by atoms with Gasteiger partial charge < -0.3 is 4.79 Å². The summed E-state index contributed by atoms with van der Waals surface area (Å²) in [5.41, 5.74) is 1.84. The molecule has 4 nitrogen and oxygen atoms in total. The minimum absolute atomic E-state index is 0.0688. The van der Waals surface area contributed by atoms with Gasteiger partial charge in [-0.1, -0.05) is 11.6 Å². The summed E-state index contributed by atoms with van der Waals surface area (Å²) < 4.78 is 0. The van der Waals surface area contributed by atoms with Crippen molar-refractivity contribution in [1.82, 2.24) is 0 Å². The van der Waals surface area contributed by atoms with Crippen molar-refractivity contribution in [2.75, 3.05) is 11.4 Å². The number of Topliss-reactive ketones (excluding diaryl/α,β-unsaturated/α-hetero) is 1. The average Bonchev–Trinajstić information content (AvgIpc) is 2.44. The molecule has 0 aromatic heterocycles. The summed E-state index contributed by atoms with van der Waals surface area (Å²) in [6, 6.07) is 5.17. The zero-order valence-electron chi connectivity index (χ0n) is 8.19. The quantitative estimate of drug-likeness (QED) is 0.525. The molecule has 0 radical (unpaired) electrons. The normalized spacial score (nSPS) is 14.3. The summed E-state index contributed by atoms with van der Waals surface area (Å²) in [5, 5.41) is 0. The highest BCUT2D eigenvalue weighted by Crippen LogP contribution is 2.28. The molecule has 2 rings (SSSR count).